The van der Waals surface area contributed by atoms with Crippen LogP contribution in [0.2, 0.25) is 0 Å². The fourth-order valence-electron chi connectivity index (χ4n) is 1.33. The van der Waals surface area contributed by atoms with Gasteiger partial charge in [0.2, 0.25) is 0 Å². The monoisotopic (exact) mass is 215 g/mol. The number of halogens is 2. The van der Waals surface area contributed by atoms with Crippen LogP contribution in [-0.4, -0.2) is 29.8 Å². The molecule has 1 heterocycles. The number of hydrogen-bond acceptors (Lipinski definition) is 4. The van der Waals surface area contributed by atoms with E-state index in [1.807, 2.05) is 0 Å². The predicted octanol–water partition coefficient (Wildman–Crippen LogP) is -0.237. The summed E-state index contributed by atoms with van der Waals surface area (Å²) in [6.07, 6.45) is -3.23. The number of fused-ring (bicyclic) bond motifs is 1. The van der Waals surface area contributed by atoms with Gasteiger partial charge in [0.25, 0.3) is 0 Å². The molecule has 0 aromatic heterocycles. The normalized spacial score (nSPS) is 17.3. The van der Waals surface area contributed by atoms with Crippen LogP contribution in [-0.2, 0) is 0 Å². The first kappa shape index (κ1) is 10.2. The zero-order valence-corrected chi connectivity index (χ0v) is 7.58. The number of benzene rings is 1. The molecule has 1 aliphatic heterocycles. The molecule has 2 rings (SSSR count). The van der Waals surface area contributed by atoms with Crippen LogP contribution in [0.1, 0.15) is 0 Å². The Hall–Kier alpha value is -1.34. The van der Waals surface area contributed by atoms with Crippen molar-refractivity contribution in [3.63, 3.8) is 0 Å². The Bertz CT molecular complexity index is 386. The Morgan fingerprint density at radius 1 is 1.40 bits per heavy atom. The molecule has 80 valence electrons. The molecule has 0 aliphatic carbocycles. The van der Waals surface area contributed by atoms with E-state index in [-0.39, 0.29) is 11.2 Å². The van der Waals surface area contributed by atoms with E-state index < -0.39 is 19.8 Å². The lowest BCUT2D eigenvalue weighted by molar-refractivity contribution is -0.166. The van der Waals surface area contributed by atoms with E-state index in [2.05, 4.69) is 10.1 Å². The molecule has 15 heavy (non-hydrogen) atoms. The van der Waals surface area contributed by atoms with Crippen molar-refractivity contribution in [1.29, 1.82) is 0 Å². The molecule has 0 unspecified atom stereocenters. The number of rotatable bonds is 1. The van der Waals surface area contributed by atoms with Crippen LogP contribution in [0, 0.1) is 0 Å². The topological polar surface area (TPSA) is 61.7 Å². The first-order valence-corrected chi connectivity index (χ1v) is 4.29. The summed E-state index contributed by atoms with van der Waals surface area (Å²) in [7, 11) is -1.63. The fourth-order valence-corrected chi connectivity index (χ4v) is 1.33. The Balaban J connectivity index is 2.32. The first-order chi connectivity index (χ1) is 6.98. The third kappa shape index (κ3) is 2.03. The minimum absolute atomic E-state index is 0.00403. The van der Waals surface area contributed by atoms with Crippen LogP contribution < -0.4 is 15.5 Å². The molecular weight excluding hydrogens is 207 g/mol. The van der Waals surface area contributed by atoms with Gasteiger partial charge in [0.1, 0.15) is 12.3 Å². The number of nitrogens with one attached hydrogen (secondary N) is 1. The van der Waals surface area contributed by atoms with Gasteiger partial charge in [-0.3, -0.25) is 0 Å². The highest BCUT2D eigenvalue weighted by Gasteiger charge is 2.36. The van der Waals surface area contributed by atoms with Gasteiger partial charge >= 0.3 is 13.2 Å². The Kier molecular flexibility index (Phi) is 2.28. The van der Waals surface area contributed by atoms with Crippen molar-refractivity contribution < 1.29 is 23.6 Å². The zero-order chi connectivity index (χ0) is 11.1. The third-order valence-electron chi connectivity index (χ3n) is 2.05. The van der Waals surface area contributed by atoms with Gasteiger partial charge in [-0.1, -0.05) is 6.07 Å². The Morgan fingerprint density at radius 3 is 2.80 bits per heavy atom. The van der Waals surface area contributed by atoms with Crippen LogP contribution in [0.25, 0.3) is 0 Å². The van der Waals surface area contributed by atoms with Gasteiger partial charge in [-0.15, -0.1) is 0 Å². The van der Waals surface area contributed by atoms with Gasteiger partial charge in [-0.2, -0.15) is 8.78 Å². The zero-order valence-electron chi connectivity index (χ0n) is 7.58. The summed E-state index contributed by atoms with van der Waals surface area (Å²) in [5.74, 6) is -0.00403. The highest BCUT2D eigenvalue weighted by molar-refractivity contribution is 6.58. The summed E-state index contributed by atoms with van der Waals surface area (Å²) in [5, 5.41) is 20.2. The van der Waals surface area contributed by atoms with Gasteiger partial charge < -0.3 is 20.1 Å². The van der Waals surface area contributed by atoms with E-state index in [0.717, 1.165) is 0 Å². The van der Waals surface area contributed by atoms with Gasteiger partial charge in [0.05, 0.1) is 5.69 Å². The van der Waals surface area contributed by atoms with E-state index >= 15 is 0 Å². The first-order valence-electron chi connectivity index (χ1n) is 4.29. The van der Waals surface area contributed by atoms with Gasteiger partial charge in [-0.05, 0) is 17.6 Å². The molecule has 0 bridgehead atoms. The highest BCUT2D eigenvalue weighted by atomic mass is 19.3. The molecule has 1 aliphatic rings. The smallest absolute Gasteiger partial charge is 0.429 e. The second-order valence-corrected chi connectivity index (χ2v) is 3.22. The minimum Gasteiger partial charge on any atom is -0.429 e. The molecule has 1 aromatic carbocycles. The van der Waals surface area contributed by atoms with E-state index in [0.29, 0.717) is 5.69 Å². The summed E-state index contributed by atoms with van der Waals surface area (Å²) in [4.78, 5) is 0. The van der Waals surface area contributed by atoms with Crippen molar-refractivity contribution in [3.8, 4) is 5.75 Å². The van der Waals surface area contributed by atoms with Crippen molar-refractivity contribution in [2.24, 2.45) is 0 Å². The lowest BCUT2D eigenvalue weighted by Crippen LogP contribution is -2.38. The van der Waals surface area contributed by atoms with E-state index in [1.165, 1.54) is 18.2 Å². The maximum Gasteiger partial charge on any atom is 0.488 e. The van der Waals surface area contributed by atoms with E-state index in [1.54, 1.807) is 0 Å². The molecule has 0 radical (unpaired) electrons. The van der Waals surface area contributed by atoms with Gasteiger partial charge in [0.15, 0.2) is 0 Å². The number of alkyl halides is 2. The van der Waals surface area contributed by atoms with Crippen molar-refractivity contribution in [1.82, 2.24) is 0 Å². The lowest BCUT2D eigenvalue weighted by atomic mass is 9.80. The minimum atomic E-state index is -3.23. The van der Waals surface area contributed by atoms with Crippen LogP contribution in [0.3, 0.4) is 0 Å². The van der Waals surface area contributed by atoms with Crippen molar-refractivity contribution in [3.05, 3.63) is 18.2 Å². The molecule has 4 nitrogen and oxygen atoms in total. The molecule has 0 saturated heterocycles. The average molecular weight is 215 g/mol. The SMILES string of the molecule is OB(O)c1ccc2c(c1)NCC(F)(F)O2. The largest absolute Gasteiger partial charge is 0.488 e. The molecule has 0 spiro atoms. The van der Waals surface area contributed by atoms with Crippen molar-refractivity contribution in [2.75, 3.05) is 11.9 Å². The number of anilines is 1. The van der Waals surface area contributed by atoms with Crippen molar-refractivity contribution in [2.45, 2.75) is 6.11 Å². The summed E-state index contributed by atoms with van der Waals surface area (Å²) in [6.45, 7) is -0.634. The average Bonchev–Trinajstić information content (AvgIpc) is 2.15. The fraction of sp³-hybridized carbons (Fsp3) is 0.250. The van der Waals surface area contributed by atoms with Crippen LogP contribution in [0.15, 0.2) is 18.2 Å². The standard InChI is InChI=1S/C8H8BF2NO3/c10-8(11)4-12-6-3-5(9(13)14)1-2-7(6)15-8/h1-3,12-14H,4H2. The molecule has 1 aromatic rings. The van der Waals surface area contributed by atoms with Crippen LogP contribution >= 0.6 is 0 Å². The number of ether oxygens (including phenoxy) is 1. The number of hydrogen-bond donors (Lipinski definition) is 3. The maximum atomic E-state index is 12.8. The predicted molar refractivity (Wildman–Crippen MR) is 50.3 cm³/mol. The quantitative estimate of drug-likeness (QED) is 0.566. The Morgan fingerprint density at radius 2 is 2.13 bits per heavy atom. The summed E-state index contributed by atoms with van der Waals surface area (Å²) >= 11 is 0. The molecule has 0 fully saturated rings. The molecule has 0 saturated carbocycles. The summed E-state index contributed by atoms with van der Waals surface area (Å²) in [5.41, 5.74) is 0.543. The second kappa shape index (κ2) is 3.35. The van der Waals surface area contributed by atoms with Gasteiger partial charge in [-0.25, -0.2) is 0 Å². The Labute approximate surface area is 84.6 Å². The molecule has 0 amide bonds. The van der Waals surface area contributed by atoms with Crippen LogP contribution in [0.4, 0.5) is 14.5 Å². The highest BCUT2D eigenvalue weighted by Crippen LogP contribution is 2.33. The lowest BCUT2D eigenvalue weighted by Gasteiger charge is -2.26. The summed E-state index contributed by atoms with van der Waals surface area (Å²) in [6, 6.07) is 3.94. The van der Waals surface area contributed by atoms with Gasteiger partial charge in [0, 0.05) is 0 Å². The van der Waals surface area contributed by atoms with Crippen LogP contribution in [0.5, 0.6) is 5.75 Å². The molecule has 7 heteroatoms. The summed E-state index contributed by atoms with van der Waals surface area (Å²) < 4.78 is 29.9. The molecular formula is C8H8BF2NO3. The van der Waals surface area contributed by atoms with Crippen molar-refractivity contribution >= 4 is 18.3 Å². The maximum absolute atomic E-state index is 12.8. The van der Waals surface area contributed by atoms with E-state index in [4.69, 9.17) is 10.0 Å². The second-order valence-electron chi connectivity index (χ2n) is 3.22. The molecule has 0 atom stereocenters. The van der Waals surface area contributed by atoms with E-state index in [9.17, 15) is 8.78 Å². The third-order valence-corrected chi connectivity index (χ3v) is 2.05. The molecule has 3 N–H and O–H groups in total.